The molecule has 1 aliphatic rings. The third-order valence-corrected chi connectivity index (χ3v) is 6.66. The molecule has 1 aliphatic carbocycles. The maximum absolute atomic E-state index is 13.4. The number of ketones is 1. The number of nitrogens with zero attached hydrogens (tertiary/aromatic N) is 3. The zero-order valence-electron chi connectivity index (χ0n) is 20.2. The average Bonchev–Trinajstić information content (AvgIpc) is 3.29. The Hall–Kier alpha value is -3.32. The molecule has 2 heterocycles. The maximum atomic E-state index is 13.4. The van der Waals surface area contributed by atoms with Crippen molar-refractivity contribution in [3.8, 4) is 11.4 Å². The van der Waals surface area contributed by atoms with Crippen molar-refractivity contribution in [3.05, 3.63) is 71.8 Å². The predicted molar refractivity (Wildman–Crippen MR) is 133 cm³/mol. The molecule has 1 N–H and O–H groups in total. The monoisotopic (exact) mass is 475 g/mol. The first-order chi connectivity index (χ1) is 17.0. The highest BCUT2D eigenvalue weighted by Gasteiger charge is 2.28. The van der Waals surface area contributed by atoms with E-state index in [-0.39, 0.29) is 24.9 Å². The minimum Gasteiger partial charge on any atom is -0.480 e. The summed E-state index contributed by atoms with van der Waals surface area (Å²) in [6.07, 6.45) is 9.43. The second kappa shape index (κ2) is 11.9. The number of hydrogen-bond donors (Lipinski definition) is 1. The zero-order chi connectivity index (χ0) is 24.6. The molecule has 1 aromatic carbocycles. The number of rotatable bonds is 11. The molecule has 184 valence electrons. The molecule has 35 heavy (non-hydrogen) atoms. The molecule has 0 radical (unpaired) electrons. The highest BCUT2D eigenvalue weighted by Crippen LogP contribution is 2.31. The quantitative estimate of drug-likeness (QED) is 0.384. The molecule has 0 atom stereocenters. The van der Waals surface area contributed by atoms with E-state index < -0.39 is 5.97 Å². The predicted octanol–water partition coefficient (Wildman–Crippen LogP) is 5.19. The van der Waals surface area contributed by atoms with Gasteiger partial charge in [0.05, 0.1) is 12.3 Å². The van der Waals surface area contributed by atoms with Gasteiger partial charge >= 0.3 is 5.97 Å². The second-order valence-corrected chi connectivity index (χ2v) is 9.49. The van der Waals surface area contributed by atoms with E-state index in [9.17, 15) is 9.59 Å². The van der Waals surface area contributed by atoms with Crippen LogP contribution in [-0.4, -0.2) is 38.0 Å². The number of carboxylic acids is 1. The summed E-state index contributed by atoms with van der Waals surface area (Å²) in [6, 6.07) is 13.7. The van der Waals surface area contributed by atoms with Gasteiger partial charge in [-0.05, 0) is 54.9 Å². The highest BCUT2D eigenvalue weighted by molar-refractivity contribution is 5.95. The van der Waals surface area contributed by atoms with Crippen LogP contribution in [0.5, 0.6) is 0 Å². The normalized spacial score (nSPS) is 17.9. The van der Waals surface area contributed by atoms with Gasteiger partial charge in [-0.25, -0.2) is 9.78 Å². The Morgan fingerprint density at radius 2 is 1.86 bits per heavy atom. The molecule has 0 amide bonds. The van der Waals surface area contributed by atoms with Gasteiger partial charge in [0.2, 0.25) is 5.78 Å². The summed E-state index contributed by atoms with van der Waals surface area (Å²) in [5.41, 5.74) is 3.61. The van der Waals surface area contributed by atoms with Crippen molar-refractivity contribution in [1.29, 1.82) is 0 Å². The molecule has 0 unspecified atom stereocenters. The van der Waals surface area contributed by atoms with Gasteiger partial charge in [0.25, 0.3) is 0 Å². The van der Waals surface area contributed by atoms with Crippen LogP contribution in [-0.2, 0) is 29.1 Å². The largest absolute Gasteiger partial charge is 0.480 e. The molecule has 3 aromatic rings. The molecule has 4 rings (SSSR count). The third kappa shape index (κ3) is 6.85. The van der Waals surface area contributed by atoms with Crippen molar-refractivity contribution in [1.82, 2.24) is 14.5 Å². The molecule has 1 saturated carbocycles. The summed E-state index contributed by atoms with van der Waals surface area (Å²) >= 11 is 0. The fourth-order valence-corrected chi connectivity index (χ4v) is 4.71. The molecule has 0 bridgehead atoms. The summed E-state index contributed by atoms with van der Waals surface area (Å²) in [5.74, 6) is 0.455. The van der Waals surface area contributed by atoms with Gasteiger partial charge in [0.15, 0.2) is 5.82 Å². The van der Waals surface area contributed by atoms with Crippen LogP contribution in [0.1, 0.15) is 60.8 Å². The number of carboxylic acid groups (broad SMARTS) is 1. The summed E-state index contributed by atoms with van der Waals surface area (Å²) in [4.78, 5) is 33.3. The zero-order valence-corrected chi connectivity index (χ0v) is 20.2. The van der Waals surface area contributed by atoms with Crippen LogP contribution in [0.15, 0.2) is 54.9 Å². The van der Waals surface area contributed by atoms with Crippen LogP contribution in [0.25, 0.3) is 11.4 Å². The number of benzene rings is 1. The lowest BCUT2D eigenvalue weighted by Crippen LogP contribution is -2.24. The number of pyridine rings is 1. The molecular weight excluding hydrogens is 442 g/mol. The van der Waals surface area contributed by atoms with Crippen LogP contribution in [0, 0.1) is 11.8 Å². The van der Waals surface area contributed by atoms with Crippen molar-refractivity contribution in [3.63, 3.8) is 0 Å². The Balaban J connectivity index is 1.45. The lowest BCUT2D eigenvalue weighted by Gasteiger charge is -2.24. The minimum absolute atomic E-state index is 0.0476. The van der Waals surface area contributed by atoms with E-state index in [1.54, 1.807) is 6.20 Å². The van der Waals surface area contributed by atoms with E-state index in [0.717, 1.165) is 61.0 Å². The lowest BCUT2D eigenvalue weighted by molar-refractivity contribution is -0.142. The van der Waals surface area contributed by atoms with Crippen LogP contribution >= 0.6 is 0 Å². The Labute approximate surface area is 206 Å². The first-order valence-electron chi connectivity index (χ1n) is 12.4. The Morgan fingerprint density at radius 3 is 2.60 bits per heavy atom. The van der Waals surface area contributed by atoms with E-state index in [0.29, 0.717) is 18.3 Å². The first kappa shape index (κ1) is 24.8. The number of aromatic nitrogens is 3. The standard InChI is InChI=1S/C28H33N3O4/c1-20-10-12-23(13-11-20)27(34)28-30-25(24-9-2-3-14-29-24)17-31(28)15-5-8-21-6-4-7-22(16-21)18-35-19-26(32)33/h2-4,6-7,9,14,16-17,20,23H,5,8,10-13,15,18-19H2,1H3,(H,32,33). The van der Waals surface area contributed by atoms with Crippen LogP contribution < -0.4 is 0 Å². The van der Waals surface area contributed by atoms with Crippen LogP contribution in [0.2, 0.25) is 0 Å². The lowest BCUT2D eigenvalue weighted by atomic mass is 9.81. The minimum atomic E-state index is -0.973. The molecular formula is C28H33N3O4. The fraction of sp³-hybridized carbons (Fsp3) is 0.429. The number of aryl methyl sites for hydroxylation is 2. The number of carbonyl (C=O) groups excluding carboxylic acids is 1. The highest BCUT2D eigenvalue weighted by atomic mass is 16.5. The summed E-state index contributed by atoms with van der Waals surface area (Å²) in [7, 11) is 0. The van der Waals surface area contributed by atoms with Crippen molar-refractivity contribution >= 4 is 11.8 Å². The fourth-order valence-electron chi connectivity index (χ4n) is 4.71. The van der Waals surface area contributed by atoms with Gasteiger partial charge in [-0.1, -0.05) is 50.1 Å². The van der Waals surface area contributed by atoms with Gasteiger partial charge in [-0.2, -0.15) is 0 Å². The second-order valence-electron chi connectivity index (χ2n) is 9.49. The Kier molecular flexibility index (Phi) is 8.42. The third-order valence-electron chi connectivity index (χ3n) is 6.66. The van der Waals surface area contributed by atoms with Crippen molar-refractivity contribution in [2.75, 3.05) is 6.61 Å². The SMILES string of the molecule is CC1CCC(C(=O)c2nc(-c3ccccn3)cn2CCCc2cccc(COCC(=O)O)c2)CC1. The van der Waals surface area contributed by atoms with E-state index in [4.69, 9.17) is 14.8 Å². The average molecular weight is 476 g/mol. The van der Waals surface area contributed by atoms with Gasteiger partial charge < -0.3 is 14.4 Å². The number of carbonyl (C=O) groups is 2. The number of imidazole rings is 1. The molecule has 0 aliphatic heterocycles. The Morgan fingerprint density at radius 1 is 1.06 bits per heavy atom. The Bertz CT molecular complexity index is 1130. The summed E-state index contributed by atoms with van der Waals surface area (Å²) < 4.78 is 7.21. The smallest absolute Gasteiger partial charge is 0.329 e. The van der Waals surface area contributed by atoms with E-state index in [2.05, 4.69) is 18.0 Å². The molecule has 7 nitrogen and oxygen atoms in total. The molecule has 2 aromatic heterocycles. The van der Waals surface area contributed by atoms with Gasteiger partial charge in [0.1, 0.15) is 12.3 Å². The molecule has 1 fully saturated rings. The summed E-state index contributed by atoms with van der Waals surface area (Å²) in [5, 5.41) is 8.74. The van der Waals surface area contributed by atoms with Crippen molar-refractivity contribution in [2.24, 2.45) is 11.8 Å². The number of hydrogen-bond acceptors (Lipinski definition) is 5. The topological polar surface area (TPSA) is 94.3 Å². The molecule has 7 heteroatoms. The summed E-state index contributed by atoms with van der Waals surface area (Å²) in [6.45, 7) is 2.91. The van der Waals surface area contributed by atoms with Crippen LogP contribution in [0.4, 0.5) is 0 Å². The number of ether oxygens (including phenoxy) is 1. The van der Waals surface area contributed by atoms with Crippen molar-refractivity contribution < 1.29 is 19.4 Å². The van der Waals surface area contributed by atoms with Gasteiger partial charge in [0, 0.05) is 24.9 Å². The van der Waals surface area contributed by atoms with Gasteiger partial charge in [-0.15, -0.1) is 0 Å². The molecule has 0 saturated heterocycles. The van der Waals surface area contributed by atoms with E-state index in [1.165, 1.54) is 0 Å². The number of aliphatic carboxylic acids is 1. The molecule has 0 spiro atoms. The maximum Gasteiger partial charge on any atom is 0.329 e. The van der Waals surface area contributed by atoms with Gasteiger partial charge in [-0.3, -0.25) is 9.78 Å². The van der Waals surface area contributed by atoms with Crippen LogP contribution in [0.3, 0.4) is 0 Å². The first-order valence-corrected chi connectivity index (χ1v) is 12.4. The van der Waals surface area contributed by atoms with Crippen molar-refractivity contribution in [2.45, 2.75) is 58.6 Å². The van der Waals surface area contributed by atoms with E-state index >= 15 is 0 Å². The van der Waals surface area contributed by atoms with E-state index in [1.807, 2.05) is 47.2 Å². The number of Topliss-reactive ketones (excluding diaryl/α,β-unsaturated/α-hetero) is 1.